The molecule has 0 spiro atoms. The molecule has 154 valence electrons. The average molecular weight is 397 g/mol. The van der Waals surface area contributed by atoms with Crippen molar-refractivity contribution >= 4 is 17.7 Å². The van der Waals surface area contributed by atoms with Gasteiger partial charge in [-0.15, -0.1) is 0 Å². The summed E-state index contributed by atoms with van der Waals surface area (Å²) in [5, 5.41) is 1.41. The molecule has 3 heterocycles. The number of halogens is 2. The van der Waals surface area contributed by atoms with E-state index < -0.39 is 23.6 Å². The first kappa shape index (κ1) is 20.2. The molecule has 3 rings (SSSR count). The minimum absolute atomic E-state index is 0.0732. The largest absolute Gasteiger partial charge is 0.444 e. The van der Waals surface area contributed by atoms with E-state index in [1.165, 1.54) is 17.1 Å². The Balaban J connectivity index is 1.56. The SMILES string of the molecule is CC(C)(C)OC(=O)N1CCN(c2ccc(C(=O)NN3CC(F)C3)nc2F)CC1. The summed E-state index contributed by atoms with van der Waals surface area (Å²) in [5.41, 5.74) is 2.11. The van der Waals surface area contributed by atoms with Crippen LogP contribution < -0.4 is 10.3 Å². The van der Waals surface area contributed by atoms with Crippen LogP contribution in [0.25, 0.3) is 0 Å². The molecule has 0 aliphatic carbocycles. The lowest BCUT2D eigenvalue weighted by Gasteiger charge is -2.36. The highest BCUT2D eigenvalue weighted by Gasteiger charge is 2.29. The predicted octanol–water partition coefficient (Wildman–Crippen LogP) is 1.58. The van der Waals surface area contributed by atoms with Gasteiger partial charge in [0.1, 0.15) is 17.5 Å². The number of nitrogens with zero attached hydrogens (tertiary/aromatic N) is 4. The number of aromatic nitrogens is 1. The van der Waals surface area contributed by atoms with Gasteiger partial charge in [0.15, 0.2) is 0 Å². The molecule has 28 heavy (non-hydrogen) atoms. The number of hydrogen-bond acceptors (Lipinski definition) is 6. The minimum Gasteiger partial charge on any atom is -0.444 e. The van der Waals surface area contributed by atoms with E-state index in [1.54, 1.807) is 30.6 Å². The van der Waals surface area contributed by atoms with Crippen molar-refractivity contribution in [2.75, 3.05) is 44.2 Å². The number of pyridine rings is 1. The number of hydrogen-bond donors (Lipinski definition) is 1. The van der Waals surface area contributed by atoms with Crippen LogP contribution in [-0.4, -0.2) is 77.9 Å². The third kappa shape index (κ3) is 4.86. The molecule has 8 nitrogen and oxygen atoms in total. The lowest BCUT2D eigenvalue weighted by molar-refractivity contribution is 0.0188. The van der Waals surface area contributed by atoms with Crippen LogP contribution in [0.15, 0.2) is 12.1 Å². The standard InChI is InChI=1S/C18H25F2N5O3/c1-18(2,3)28-17(27)24-8-6-23(7-9-24)14-5-4-13(21-15(14)20)16(26)22-25-10-12(19)11-25/h4-5,12H,6-11H2,1-3H3,(H,22,26). The quantitative estimate of drug-likeness (QED) is 0.781. The molecule has 1 aromatic heterocycles. The van der Waals surface area contributed by atoms with Gasteiger partial charge in [-0.1, -0.05) is 0 Å². The second-order valence-corrected chi connectivity index (χ2v) is 7.90. The first-order valence-electron chi connectivity index (χ1n) is 9.22. The van der Waals surface area contributed by atoms with Crippen molar-refractivity contribution < 1.29 is 23.1 Å². The highest BCUT2D eigenvalue weighted by Crippen LogP contribution is 2.21. The Kier molecular flexibility index (Phi) is 5.69. The Bertz CT molecular complexity index is 741. The number of nitrogens with one attached hydrogen (secondary N) is 1. The number of piperazine rings is 1. The summed E-state index contributed by atoms with van der Waals surface area (Å²) < 4.78 is 32.6. The molecule has 2 amide bonds. The van der Waals surface area contributed by atoms with Crippen LogP contribution in [-0.2, 0) is 4.74 Å². The number of rotatable bonds is 3. The van der Waals surface area contributed by atoms with Crippen molar-refractivity contribution in [3.63, 3.8) is 0 Å². The first-order chi connectivity index (χ1) is 13.1. The van der Waals surface area contributed by atoms with E-state index in [-0.39, 0.29) is 30.6 Å². The zero-order chi connectivity index (χ0) is 20.5. The molecule has 0 atom stereocenters. The molecule has 0 radical (unpaired) electrons. The van der Waals surface area contributed by atoms with E-state index in [9.17, 15) is 18.4 Å². The molecule has 1 aromatic rings. The van der Waals surface area contributed by atoms with E-state index in [1.807, 2.05) is 0 Å². The molecular formula is C18H25F2N5O3. The van der Waals surface area contributed by atoms with Gasteiger partial charge in [-0.3, -0.25) is 10.2 Å². The summed E-state index contributed by atoms with van der Waals surface area (Å²) in [5.74, 6) is -1.34. The Labute approximate surface area is 162 Å². The molecule has 1 N–H and O–H groups in total. The molecule has 10 heteroatoms. The third-order valence-corrected chi connectivity index (χ3v) is 4.43. The van der Waals surface area contributed by atoms with E-state index in [0.29, 0.717) is 26.2 Å². The Morgan fingerprint density at radius 3 is 2.36 bits per heavy atom. The van der Waals surface area contributed by atoms with Gasteiger partial charge in [-0.2, -0.15) is 4.39 Å². The van der Waals surface area contributed by atoms with Crippen molar-refractivity contribution in [1.29, 1.82) is 0 Å². The number of hydrazine groups is 1. The van der Waals surface area contributed by atoms with Gasteiger partial charge in [0.25, 0.3) is 5.91 Å². The smallest absolute Gasteiger partial charge is 0.410 e. The fourth-order valence-corrected chi connectivity index (χ4v) is 2.96. The van der Waals surface area contributed by atoms with Crippen LogP contribution in [0.1, 0.15) is 31.3 Å². The summed E-state index contributed by atoms with van der Waals surface area (Å²) in [6.45, 7) is 7.30. The number of amides is 2. The van der Waals surface area contributed by atoms with E-state index >= 15 is 0 Å². The normalized spacial score (nSPS) is 18.6. The zero-order valence-electron chi connectivity index (χ0n) is 16.2. The number of anilines is 1. The molecule has 2 aliphatic rings. The van der Waals surface area contributed by atoms with Crippen molar-refractivity contribution in [3.05, 3.63) is 23.8 Å². The summed E-state index contributed by atoms with van der Waals surface area (Å²) in [7, 11) is 0. The van der Waals surface area contributed by atoms with Crippen LogP contribution in [0, 0.1) is 5.95 Å². The monoisotopic (exact) mass is 397 g/mol. The Morgan fingerprint density at radius 2 is 1.82 bits per heavy atom. The van der Waals surface area contributed by atoms with Crippen molar-refractivity contribution in [3.8, 4) is 0 Å². The number of alkyl halides is 1. The minimum atomic E-state index is -0.952. The molecule has 0 aromatic carbocycles. The van der Waals surface area contributed by atoms with Gasteiger partial charge >= 0.3 is 6.09 Å². The maximum atomic E-state index is 14.5. The Morgan fingerprint density at radius 1 is 1.18 bits per heavy atom. The summed E-state index contributed by atoms with van der Waals surface area (Å²) in [4.78, 5) is 31.2. The lowest BCUT2D eigenvalue weighted by atomic mass is 10.2. The van der Waals surface area contributed by atoms with Gasteiger partial charge in [0, 0.05) is 26.2 Å². The predicted molar refractivity (Wildman–Crippen MR) is 98.2 cm³/mol. The number of carbonyl (C=O) groups excluding carboxylic acids is 2. The van der Waals surface area contributed by atoms with E-state index in [2.05, 4.69) is 10.4 Å². The molecule has 2 saturated heterocycles. The second-order valence-electron chi connectivity index (χ2n) is 7.90. The molecule has 0 saturated carbocycles. The highest BCUT2D eigenvalue weighted by molar-refractivity contribution is 5.92. The highest BCUT2D eigenvalue weighted by atomic mass is 19.1. The lowest BCUT2D eigenvalue weighted by Crippen LogP contribution is -2.57. The summed E-state index contributed by atoms with van der Waals surface area (Å²) in [6, 6.07) is 2.93. The zero-order valence-corrected chi connectivity index (χ0v) is 16.2. The van der Waals surface area contributed by atoms with Crippen LogP contribution in [0.2, 0.25) is 0 Å². The molecule has 2 fully saturated rings. The van der Waals surface area contributed by atoms with Crippen molar-refractivity contribution in [2.24, 2.45) is 0 Å². The van der Waals surface area contributed by atoms with Gasteiger partial charge in [-0.25, -0.2) is 19.2 Å². The van der Waals surface area contributed by atoms with Crippen LogP contribution in [0.5, 0.6) is 0 Å². The fraction of sp³-hybridized carbons (Fsp3) is 0.611. The van der Waals surface area contributed by atoms with Crippen LogP contribution in [0.4, 0.5) is 19.3 Å². The maximum Gasteiger partial charge on any atom is 0.410 e. The van der Waals surface area contributed by atoms with Gasteiger partial charge in [0.2, 0.25) is 5.95 Å². The number of ether oxygens (including phenoxy) is 1. The molecule has 0 unspecified atom stereocenters. The van der Waals surface area contributed by atoms with Gasteiger partial charge < -0.3 is 14.5 Å². The average Bonchev–Trinajstić information content (AvgIpc) is 2.59. The number of carbonyl (C=O) groups is 2. The van der Waals surface area contributed by atoms with E-state index in [4.69, 9.17) is 4.74 Å². The van der Waals surface area contributed by atoms with Crippen molar-refractivity contribution in [2.45, 2.75) is 32.5 Å². The topological polar surface area (TPSA) is 78.0 Å². The van der Waals surface area contributed by atoms with Crippen molar-refractivity contribution in [1.82, 2.24) is 20.3 Å². The van der Waals surface area contributed by atoms with Crippen LogP contribution >= 0.6 is 0 Å². The molecule has 2 aliphatic heterocycles. The first-order valence-corrected chi connectivity index (χ1v) is 9.22. The van der Waals surface area contributed by atoms with E-state index in [0.717, 1.165) is 0 Å². The van der Waals surface area contributed by atoms with Gasteiger partial charge in [0.05, 0.1) is 18.8 Å². The van der Waals surface area contributed by atoms with Crippen LogP contribution in [0.3, 0.4) is 0 Å². The fourth-order valence-electron chi connectivity index (χ4n) is 2.96. The molecule has 0 bridgehead atoms. The summed E-state index contributed by atoms with van der Waals surface area (Å²) >= 11 is 0. The third-order valence-electron chi connectivity index (χ3n) is 4.43. The maximum absolute atomic E-state index is 14.5. The van der Waals surface area contributed by atoms with Gasteiger partial charge in [-0.05, 0) is 32.9 Å². The second kappa shape index (κ2) is 7.86. The molecular weight excluding hydrogens is 372 g/mol. The Hall–Kier alpha value is -2.49. The summed E-state index contributed by atoms with van der Waals surface area (Å²) in [6.07, 6.45) is -1.34.